The molecule has 22 heavy (non-hydrogen) atoms. The van der Waals surface area contributed by atoms with Gasteiger partial charge in [-0.25, -0.2) is 0 Å². The fraction of sp³-hybridized carbons (Fsp3) is 0.500. The van der Waals surface area contributed by atoms with Gasteiger partial charge in [0.05, 0.1) is 6.42 Å². The molecule has 1 aliphatic heterocycles. The Balaban J connectivity index is 1.51. The first kappa shape index (κ1) is 13.8. The van der Waals surface area contributed by atoms with Crippen LogP contribution in [0.25, 0.3) is 10.9 Å². The Morgan fingerprint density at radius 1 is 1.36 bits per heavy atom. The Morgan fingerprint density at radius 3 is 3.05 bits per heavy atom. The lowest BCUT2D eigenvalue weighted by Gasteiger charge is -2.18. The van der Waals surface area contributed by atoms with Gasteiger partial charge in [-0.05, 0) is 42.7 Å². The lowest BCUT2D eigenvalue weighted by Crippen LogP contribution is -2.34. The molecule has 1 aliphatic carbocycles. The number of carbonyl (C=O) groups excluding carboxylic acids is 1. The lowest BCUT2D eigenvalue weighted by molar-refractivity contribution is -0.129. The van der Waals surface area contributed by atoms with Crippen molar-refractivity contribution in [3.8, 4) is 0 Å². The maximum Gasteiger partial charge on any atom is 0.227 e. The van der Waals surface area contributed by atoms with Crippen LogP contribution in [0.5, 0.6) is 0 Å². The molecule has 1 aromatic carbocycles. The minimum atomic E-state index is 0.240. The quantitative estimate of drug-likeness (QED) is 0.893. The number of carbonyl (C=O) groups is 1. The van der Waals surface area contributed by atoms with Crippen molar-refractivity contribution in [1.82, 2.24) is 9.88 Å². The van der Waals surface area contributed by atoms with Crippen LogP contribution in [0.15, 0.2) is 24.4 Å². The Bertz CT molecular complexity index is 720. The average molecular weight is 297 g/mol. The van der Waals surface area contributed by atoms with Crippen molar-refractivity contribution in [2.24, 2.45) is 17.6 Å². The highest BCUT2D eigenvalue weighted by atomic mass is 16.2. The number of amides is 1. The van der Waals surface area contributed by atoms with Gasteiger partial charge in [0.2, 0.25) is 5.91 Å². The van der Waals surface area contributed by atoms with E-state index in [1.807, 2.05) is 11.1 Å². The zero-order chi connectivity index (χ0) is 15.3. The third-order valence-corrected chi connectivity index (χ3v) is 5.62. The summed E-state index contributed by atoms with van der Waals surface area (Å²) in [5, 5.41) is 1.17. The predicted octanol–water partition coefficient (Wildman–Crippen LogP) is 2.21. The van der Waals surface area contributed by atoms with Gasteiger partial charge in [-0.2, -0.15) is 0 Å². The van der Waals surface area contributed by atoms with Crippen molar-refractivity contribution in [3.63, 3.8) is 0 Å². The van der Waals surface area contributed by atoms with Crippen LogP contribution in [-0.2, 0) is 11.2 Å². The van der Waals surface area contributed by atoms with E-state index in [-0.39, 0.29) is 5.91 Å². The summed E-state index contributed by atoms with van der Waals surface area (Å²) in [7, 11) is 0. The third-order valence-electron chi connectivity index (χ3n) is 5.62. The number of fused-ring (bicyclic) bond motifs is 2. The molecule has 2 aliphatic rings. The molecule has 1 saturated carbocycles. The lowest BCUT2D eigenvalue weighted by atomic mass is 9.98. The monoisotopic (exact) mass is 297 g/mol. The second-order valence-corrected chi connectivity index (χ2v) is 6.95. The van der Waals surface area contributed by atoms with E-state index in [0.29, 0.717) is 24.3 Å². The van der Waals surface area contributed by atoms with Crippen molar-refractivity contribution in [3.05, 3.63) is 35.5 Å². The van der Waals surface area contributed by atoms with Crippen molar-refractivity contribution >= 4 is 16.8 Å². The van der Waals surface area contributed by atoms with Crippen LogP contribution >= 0.6 is 0 Å². The number of para-hydroxylation sites is 1. The molecule has 116 valence electrons. The van der Waals surface area contributed by atoms with E-state index in [0.717, 1.165) is 30.6 Å². The molecule has 0 spiro atoms. The number of hydrogen-bond donors (Lipinski definition) is 2. The Kier molecular flexibility index (Phi) is 3.22. The van der Waals surface area contributed by atoms with Crippen LogP contribution in [-0.4, -0.2) is 34.9 Å². The number of aromatic amines is 1. The molecule has 3 unspecified atom stereocenters. The maximum absolute atomic E-state index is 12.7. The minimum absolute atomic E-state index is 0.240. The highest BCUT2D eigenvalue weighted by Crippen LogP contribution is 2.37. The van der Waals surface area contributed by atoms with Crippen molar-refractivity contribution in [2.45, 2.75) is 32.2 Å². The summed E-state index contributed by atoms with van der Waals surface area (Å²) in [6, 6.07) is 6.53. The van der Waals surface area contributed by atoms with Gasteiger partial charge in [0, 0.05) is 36.2 Å². The molecule has 2 fully saturated rings. The van der Waals surface area contributed by atoms with Gasteiger partial charge in [-0.3, -0.25) is 4.79 Å². The van der Waals surface area contributed by atoms with Gasteiger partial charge in [0.15, 0.2) is 0 Å². The smallest absolute Gasteiger partial charge is 0.227 e. The topological polar surface area (TPSA) is 62.1 Å². The van der Waals surface area contributed by atoms with E-state index in [4.69, 9.17) is 5.73 Å². The largest absolute Gasteiger partial charge is 0.361 e. The number of rotatable bonds is 2. The van der Waals surface area contributed by atoms with Gasteiger partial charge in [0.1, 0.15) is 0 Å². The van der Waals surface area contributed by atoms with Crippen molar-refractivity contribution in [1.29, 1.82) is 0 Å². The molecular weight excluding hydrogens is 274 g/mol. The summed E-state index contributed by atoms with van der Waals surface area (Å²) in [5.74, 6) is 1.39. The van der Waals surface area contributed by atoms with E-state index < -0.39 is 0 Å². The molecule has 4 heteroatoms. The number of nitrogens with one attached hydrogen (secondary N) is 1. The molecule has 2 aromatic rings. The molecular formula is C18H23N3O. The fourth-order valence-corrected chi connectivity index (χ4v) is 4.30. The second kappa shape index (κ2) is 5.13. The summed E-state index contributed by atoms with van der Waals surface area (Å²) >= 11 is 0. The highest BCUT2D eigenvalue weighted by molar-refractivity contribution is 5.90. The summed E-state index contributed by atoms with van der Waals surface area (Å²) < 4.78 is 0. The number of aromatic nitrogens is 1. The summed E-state index contributed by atoms with van der Waals surface area (Å²) in [4.78, 5) is 18.0. The SMILES string of the molecule is Cc1cccc2c(CC(=O)N3CC4CCC(N)C4C3)c[nH]c12. The van der Waals surface area contributed by atoms with Crippen LogP contribution in [0.3, 0.4) is 0 Å². The van der Waals surface area contributed by atoms with Crippen LogP contribution in [0.2, 0.25) is 0 Å². The summed E-state index contributed by atoms with van der Waals surface area (Å²) in [5.41, 5.74) is 9.63. The van der Waals surface area contributed by atoms with Crippen LogP contribution in [0.1, 0.15) is 24.0 Å². The van der Waals surface area contributed by atoms with Gasteiger partial charge < -0.3 is 15.6 Å². The third kappa shape index (κ3) is 2.13. The van der Waals surface area contributed by atoms with Crippen molar-refractivity contribution in [2.75, 3.05) is 13.1 Å². The number of nitrogens with two attached hydrogens (primary N) is 1. The second-order valence-electron chi connectivity index (χ2n) is 6.95. The van der Waals surface area contributed by atoms with Gasteiger partial charge in [0.25, 0.3) is 0 Å². The van der Waals surface area contributed by atoms with Gasteiger partial charge in [-0.15, -0.1) is 0 Å². The molecule has 4 nitrogen and oxygen atoms in total. The van der Waals surface area contributed by atoms with E-state index >= 15 is 0 Å². The minimum Gasteiger partial charge on any atom is -0.361 e. The highest BCUT2D eigenvalue weighted by Gasteiger charge is 2.42. The van der Waals surface area contributed by atoms with Crippen LogP contribution < -0.4 is 5.73 Å². The number of H-pyrrole nitrogens is 1. The van der Waals surface area contributed by atoms with Gasteiger partial charge in [-0.1, -0.05) is 18.2 Å². The number of hydrogen-bond acceptors (Lipinski definition) is 2. The molecule has 2 heterocycles. The van der Waals surface area contributed by atoms with Gasteiger partial charge >= 0.3 is 0 Å². The summed E-state index contributed by atoms with van der Waals surface area (Å²) in [6.07, 6.45) is 4.78. The molecule has 3 N–H and O–H groups in total. The fourth-order valence-electron chi connectivity index (χ4n) is 4.30. The normalized spacial score (nSPS) is 27.5. The predicted molar refractivity (Wildman–Crippen MR) is 87.5 cm³/mol. The molecule has 1 amide bonds. The van der Waals surface area contributed by atoms with Crippen LogP contribution in [0, 0.1) is 18.8 Å². The Hall–Kier alpha value is -1.81. The zero-order valence-corrected chi connectivity index (χ0v) is 13.0. The zero-order valence-electron chi connectivity index (χ0n) is 13.0. The Morgan fingerprint density at radius 2 is 2.23 bits per heavy atom. The van der Waals surface area contributed by atoms with E-state index in [9.17, 15) is 4.79 Å². The van der Waals surface area contributed by atoms with E-state index in [1.165, 1.54) is 17.4 Å². The summed E-state index contributed by atoms with van der Waals surface area (Å²) in [6.45, 7) is 3.85. The molecule has 4 rings (SSSR count). The maximum atomic E-state index is 12.7. The number of benzene rings is 1. The first-order valence-corrected chi connectivity index (χ1v) is 8.22. The molecule has 0 radical (unpaired) electrons. The van der Waals surface area contributed by atoms with Crippen molar-refractivity contribution < 1.29 is 4.79 Å². The molecule has 1 aromatic heterocycles. The first-order chi connectivity index (χ1) is 10.6. The van der Waals surface area contributed by atoms with Crippen LogP contribution in [0.4, 0.5) is 0 Å². The number of likely N-dealkylation sites (tertiary alicyclic amines) is 1. The molecule has 1 saturated heterocycles. The number of nitrogens with zero attached hydrogens (tertiary/aromatic N) is 1. The molecule has 0 bridgehead atoms. The average Bonchev–Trinajstić information content (AvgIpc) is 3.17. The molecule has 3 atom stereocenters. The Labute approximate surface area is 130 Å². The van der Waals surface area contributed by atoms with E-state index in [2.05, 4.69) is 30.1 Å². The standard InChI is InChI=1S/C18H23N3O/c1-11-3-2-4-14-13(8-20-18(11)14)7-17(22)21-9-12-5-6-16(19)15(12)10-21/h2-4,8,12,15-16,20H,5-7,9-10,19H2,1H3. The number of aryl methyl sites for hydroxylation is 1. The van der Waals surface area contributed by atoms with E-state index in [1.54, 1.807) is 0 Å². The first-order valence-electron chi connectivity index (χ1n) is 8.22.